The highest BCUT2D eigenvalue weighted by Crippen LogP contribution is 2.44. The van der Waals surface area contributed by atoms with Gasteiger partial charge in [0.15, 0.2) is 0 Å². The molecule has 10 heteroatoms. The molecular formula is C60H35F5N4S. The predicted molar refractivity (Wildman–Crippen MR) is 273 cm³/mol. The number of nitrogens with zero attached hydrogens (tertiary/aromatic N) is 4. The maximum atomic E-state index is 14.9. The van der Waals surface area contributed by atoms with E-state index >= 15 is 0 Å². The zero-order chi connectivity index (χ0) is 47.5. The molecule has 70 heavy (non-hydrogen) atoms. The Kier molecular flexibility index (Phi) is 10.6. The lowest BCUT2D eigenvalue weighted by molar-refractivity contribution is 0.548. The highest BCUT2D eigenvalue weighted by atomic mass is 32.1. The molecule has 0 bridgehead atoms. The summed E-state index contributed by atoms with van der Waals surface area (Å²) in [6, 6.07) is 64.3. The van der Waals surface area contributed by atoms with E-state index in [1.54, 1.807) is 48.5 Å². The van der Waals surface area contributed by atoms with Crippen LogP contribution >= 0.6 is 11.7 Å². The van der Waals surface area contributed by atoms with Crippen molar-refractivity contribution in [3.8, 4) is 61.3 Å². The number of hydrogen-bond acceptors (Lipinski definition) is 4. The van der Waals surface area contributed by atoms with Gasteiger partial charge in [0.25, 0.3) is 0 Å². The molecule has 0 aliphatic carbocycles. The molecule has 12 aromatic rings. The topological polar surface area (TPSA) is 34.0 Å². The third kappa shape index (κ3) is 7.64. The van der Waals surface area contributed by atoms with Crippen molar-refractivity contribution in [1.29, 1.82) is 0 Å². The minimum atomic E-state index is -0.984. The molecule has 4 nitrogen and oxygen atoms in total. The van der Waals surface area contributed by atoms with Crippen LogP contribution in [0.25, 0.3) is 94.2 Å². The van der Waals surface area contributed by atoms with Gasteiger partial charge in [-0.2, -0.15) is 8.75 Å². The maximum Gasteiger partial charge on any atom is 0.136 e. The van der Waals surface area contributed by atoms with Crippen molar-refractivity contribution in [3.05, 3.63) is 241 Å². The second-order valence-electron chi connectivity index (χ2n) is 17.0. The Bertz CT molecular complexity index is 3780. The zero-order valence-electron chi connectivity index (χ0n) is 36.8. The zero-order valence-corrected chi connectivity index (χ0v) is 37.6. The quantitative estimate of drug-likeness (QED) is 0.135. The molecule has 0 saturated carbocycles. The van der Waals surface area contributed by atoms with E-state index < -0.39 is 17.5 Å². The molecule has 0 fully saturated rings. The molecule has 0 unspecified atom stereocenters. The minimum absolute atomic E-state index is 0.266. The first-order valence-electron chi connectivity index (χ1n) is 22.4. The van der Waals surface area contributed by atoms with Gasteiger partial charge in [0.1, 0.15) is 40.1 Å². The summed E-state index contributed by atoms with van der Waals surface area (Å²) in [6.45, 7) is 0. The van der Waals surface area contributed by atoms with E-state index in [0.717, 1.165) is 95.1 Å². The third-order valence-electron chi connectivity index (χ3n) is 12.8. The van der Waals surface area contributed by atoms with Gasteiger partial charge in [-0.25, -0.2) is 22.0 Å². The van der Waals surface area contributed by atoms with Crippen LogP contribution in [0.2, 0.25) is 0 Å². The molecule has 0 atom stereocenters. The van der Waals surface area contributed by atoms with E-state index in [-0.39, 0.29) is 22.8 Å². The molecule has 12 rings (SSSR count). The molecule has 0 spiro atoms. The normalized spacial score (nSPS) is 11.5. The Morgan fingerprint density at radius 2 is 0.829 bits per heavy atom. The SMILES string of the molecule is Fc1ccc(-c2ccc3c(c2)c2cc(-c4ccc(F)cc4)ccc2n3-c2ccc(-c3ccc(N(c4ccc(-c5ccccc5)cc4)c4ccc(-c5c(F)cc(F)cc5F)cc4)c4nsnc34)cc2)cc1. The number of hydrogen-bond donors (Lipinski definition) is 0. The van der Waals surface area contributed by atoms with E-state index in [0.29, 0.717) is 28.9 Å². The summed E-state index contributed by atoms with van der Waals surface area (Å²) in [5.74, 6) is -3.55. The van der Waals surface area contributed by atoms with Crippen molar-refractivity contribution >= 4 is 61.6 Å². The number of halogens is 5. The maximum absolute atomic E-state index is 14.9. The van der Waals surface area contributed by atoms with Crippen LogP contribution in [0.1, 0.15) is 0 Å². The molecule has 0 aliphatic heterocycles. The van der Waals surface area contributed by atoms with Gasteiger partial charge in [-0.1, -0.05) is 103 Å². The second kappa shape index (κ2) is 17.4. The van der Waals surface area contributed by atoms with Gasteiger partial charge in [0, 0.05) is 45.5 Å². The van der Waals surface area contributed by atoms with E-state index in [2.05, 4.69) is 65.2 Å². The highest BCUT2D eigenvalue weighted by Gasteiger charge is 2.22. The molecule has 336 valence electrons. The Morgan fingerprint density at radius 3 is 1.39 bits per heavy atom. The van der Waals surface area contributed by atoms with Crippen LogP contribution in [-0.4, -0.2) is 13.3 Å². The first-order chi connectivity index (χ1) is 34.2. The lowest BCUT2D eigenvalue weighted by Gasteiger charge is -2.26. The Labute approximate surface area is 402 Å². The Hall–Kier alpha value is -8.73. The average molecular weight is 939 g/mol. The van der Waals surface area contributed by atoms with E-state index in [4.69, 9.17) is 8.75 Å². The summed E-state index contributed by atoms with van der Waals surface area (Å²) in [7, 11) is 0. The lowest BCUT2D eigenvalue weighted by Crippen LogP contribution is -2.10. The van der Waals surface area contributed by atoms with Gasteiger partial charge in [0.05, 0.1) is 34.0 Å². The monoisotopic (exact) mass is 938 g/mol. The van der Waals surface area contributed by atoms with Crippen LogP contribution in [0, 0.1) is 29.1 Å². The molecule has 2 heterocycles. The summed E-state index contributed by atoms with van der Waals surface area (Å²) >= 11 is 1.11. The number of benzene rings is 10. The number of aromatic nitrogens is 3. The molecular weight excluding hydrogens is 904 g/mol. The first-order valence-corrected chi connectivity index (χ1v) is 23.1. The van der Waals surface area contributed by atoms with Gasteiger partial charge >= 0.3 is 0 Å². The summed E-state index contributed by atoms with van der Waals surface area (Å²) in [5, 5.41) is 2.03. The van der Waals surface area contributed by atoms with Crippen molar-refractivity contribution in [3.63, 3.8) is 0 Å². The van der Waals surface area contributed by atoms with Gasteiger partial charge < -0.3 is 9.47 Å². The molecule has 0 N–H and O–H groups in total. The number of rotatable bonds is 9. The smallest absolute Gasteiger partial charge is 0.136 e. The van der Waals surface area contributed by atoms with E-state index in [1.807, 2.05) is 71.6 Å². The molecule has 0 aliphatic rings. The van der Waals surface area contributed by atoms with Crippen molar-refractivity contribution in [1.82, 2.24) is 13.3 Å². The summed E-state index contributed by atoms with van der Waals surface area (Å²) in [4.78, 5) is 2.04. The van der Waals surface area contributed by atoms with Crippen LogP contribution in [0.15, 0.2) is 212 Å². The van der Waals surface area contributed by atoms with Crippen LogP contribution in [0.4, 0.5) is 39.0 Å². The van der Waals surface area contributed by atoms with Gasteiger partial charge in [-0.15, -0.1) is 0 Å². The second-order valence-corrected chi connectivity index (χ2v) is 17.5. The van der Waals surface area contributed by atoms with Crippen molar-refractivity contribution in [2.24, 2.45) is 0 Å². The molecule has 0 amide bonds. The van der Waals surface area contributed by atoms with Crippen LogP contribution in [-0.2, 0) is 0 Å². The molecule has 0 radical (unpaired) electrons. The van der Waals surface area contributed by atoms with Crippen molar-refractivity contribution in [2.45, 2.75) is 0 Å². The number of anilines is 3. The van der Waals surface area contributed by atoms with Crippen LogP contribution in [0.3, 0.4) is 0 Å². The largest absolute Gasteiger partial charge is 0.309 e. The van der Waals surface area contributed by atoms with Crippen LogP contribution in [0.5, 0.6) is 0 Å². The Balaban J connectivity index is 0.942. The van der Waals surface area contributed by atoms with Gasteiger partial charge in [-0.05, 0) is 142 Å². The molecule has 2 aromatic heterocycles. The highest BCUT2D eigenvalue weighted by molar-refractivity contribution is 7.00. The molecule has 0 saturated heterocycles. The fourth-order valence-corrected chi connectivity index (χ4v) is 10.0. The van der Waals surface area contributed by atoms with Crippen molar-refractivity contribution < 1.29 is 22.0 Å². The van der Waals surface area contributed by atoms with E-state index in [1.165, 1.54) is 24.3 Å². The summed E-state index contributed by atoms with van der Waals surface area (Å²) < 4.78 is 83.5. The third-order valence-corrected chi connectivity index (χ3v) is 13.4. The lowest BCUT2D eigenvalue weighted by atomic mass is 10.0. The fourth-order valence-electron chi connectivity index (χ4n) is 9.46. The number of fused-ring (bicyclic) bond motifs is 4. The Morgan fingerprint density at radius 1 is 0.371 bits per heavy atom. The standard InChI is InChI=1S/C60H35F5N4S/c61-44-18-6-38(7-19-44)42-16-29-55-51(32-42)52-33-43(39-8-20-45(62)21-9-39)17-30-56(52)69(55)49-24-12-40(13-25-49)50-28-31-57(60-59(50)66-70-67-60)68(47-22-10-37(11-23-47)36-4-2-1-3-5-36)48-26-14-41(15-27-48)58-53(64)34-46(63)35-54(58)65/h1-35H. The summed E-state index contributed by atoms with van der Waals surface area (Å²) in [5.41, 5.74) is 14.1. The minimum Gasteiger partial charge on any atom is -0.309 e. The molecule has 10 aromatic carbocycles. The first kappa shape index (κ1) is 42.6. The van der Waals surface area contributed by atoms with Gasteiger partial charge in [-0.3, -0.25) is 0 Å². The van der Waals surface area contributed by atoms with Crippen molar-refractivity contribution in [2.75, 3.05) is 4.90 Å². The fraction of sp³-hybridized carbons (Fsp3) is 0. The van der Waals surface area contributed by atoms with Crippen LogP contribution < -0.4 is 4.90 Å². The van der Waals surface area contributed by atoms with Gasteiger partial charge in [0.2, 0.25) is 0 Å². The average Bonchev–Trinajstić information content (AvgIpc) is 4.01. The predicted octanol–water partition coefficient (Wildman–Crippen LogP) is 17.3. The van der Waals surface area contributed by atoms with E-state index in [9.17, 15) is 22.0 Å². The summed E-state index contributed by atoms with van der Waals surface area (Å²) in [6.07, 6.45) is 0.